The molecule has 1 aromatic carbocycles. The Labute approximate surface area is 130 Å². The summed E-state index contributed by atoms with van der Waals surface area (Å²) in [6.07, 6.45) is 0.809. The van der Waals surface area contributed by atoms with Gasteiger partial charge < -0.3 is 19.7 Å². The van der Waals surface area contributed by atoms with Crippen LogP contribution in [0.2, 0.25) is 0 Å². The van der Waals surface area contributed by atoms with Crippen molar-refractivity contribution in [3.63, 3.8) is 0 Å². The third-order valence-electron chi connectivity index (χ3n) is 3.35. The lowest BCUT2D eigenvalue weighted by Crippen LogP contribution is -2.38. The molecule has 1 aromatic rings. The zero-order valence-electron chi connectivity index (χ0n) is 13.4. The molecule has 0 bridgehead atoms. The van der Waals surface area contributed by atoms with Crippen LogP contribution in [0.1, 0.15) is 19.4 Å². The number of nitrogens with one attached hydrogen (secondary N) is 1. The Bertz CT molecular complexity index is 582. The third kappa shape index (κ3) is 3.90. The molecule has 1 N–H and O–H groups in total. The Kier molecular flexibility index (Phi) is 4.59. The largest absolute Gasteiger partial charge is 0.483 e. The van der Waals surface area contributed by atoms with Gasteiger partial charge in [0, 0.05) is 26.1 Å². The van der Waals surface area contributed by atoms with E-state index < -0.39 is 0 Å². The van der Waals surface area contributed by atoms with Gasteiger partial charge in [0.1, 0.15) is 5.60 Å². The van der Waals surface area contributed by atoms with Crippen LogP contribution in [0.5, 0.6) is 11.5 Å². The maximum Gasteiger partial charge on any atom is 0.258 e. The summed E-state index contributed by atoms with van der Waals surface area (Å²) in [5.41, 5.74) is 0.813. The van der Waals surface area contributed by atoms with Crippen molar-refractivity contribution in [1.29, 1.82) is 0 Å². The fourth-order valence-electron chi connectivity index (χ4n) is 2.23. The molecule has 120 valence electrons. The highest BCUT2D eigenvalue weighted by Crippen LogP contribution is 2.41. The number of rotatable bonds is 5. The second-order valence-corrected chi connectivity index (χ2v) is 6.14. The molecule has 0 aliphatic carbocycles. The molecule has 1 heterocycles. The van der Waals surface area contributed by atoms with Gasteiger partial charge in [-0.1, -0.05) is 12.1 Å². The van der Waals surface area contributed by atoms with E-state index in [2.05, 4.69) is 5.32 Å². The molecule has 2 rings (SSSR count). The highest BCUT2D eigenvalue weighted by molar-refractivity contribution is 5.85. The molecule has 0 fully saturated rings. The molecule has 0 saturated carbocycles. The summed E-state index contributed by atoms with van der Waals surface area (Å²) in [7, 11) is 3.27. The summed E-state index contributed by atoms with van der Waals surface area (Å²) >= 11 is 0. The number of amides is 2. The van der Waals surface area contributed by atoms with Gasteiger partial charge in [0.05, 0.1) is 6.54 Å². The first-order valence-electron chi connectivity index (χ1n) is 7.19. The van der Waals surface area contributed by atoms with Crippen LogP contribution < -0.4 is 14.8 Å². The van der Waals surface area contributed by atoms with Gasteiger partial charge in [0.25, 0.3) is 5.91 Å². The quantitative estimate of drug-likeness (QED) is 0.880. The number of hydrogen-bond donors (Lipinski definition) is 1. The molecule has 1 aliphatic heterocycles. The number of hydrogen-bond acceptors (Lipinski definition) is 4. The van der Waals surface area contributed by atoms with E-state index in [0.717, 1.165) is 12.0 Å². The monoisotopic (exact) mass is 306 g/mol. The van der Waals surface area contributed by atoms with Gasteiger partial charge in [0.15, 0.2) is 18.1 Å². The number of nitrogens with zero attached hydrogens (tertiary/aromatic N) is 1. The van der Waals surface area contributed by atoms with Crippen LogP contribution in [0.4, 0.5) is 0 Å². The average Bonchev–Trinajstić information content (AvgIpc) is 2.76. The first kappa shape index (κ1) is 16.1. The molecule has 22 heavy (non-hydrogen) atoms. The maximum absolute atomic E-state index is 11.7. The number of carbonyl (C=O) groups excluding carboxylic acids is 2. The third-order valence-corrected chi connectivity index (χ3v) is 3.35. The number of likely N-dealkylation sites (N-methyl/N-ethyl adjacent to an activating group) is 1. The molecule has 0 radical (unpaired) electrons. The molecule has 0 saturated heterocycles. The predicted molar refractivity (Wildman–Crippen MR) is 82.1 cm³/mol. The van der Waals surface area contributed by atoms with E-state index in [0.29, 0.717) is 11.5 Å². The summed E-state index contributed by atoms with van der Waals surface area (Å²) in [5, 5.41) is 2.52. The van der Waals surface area contributed by atoms with E-state index in [-0.39, 0.29) is 30.6 Å². The molecular weight excluding hydrogens is 284 g/mol. The Morgan fingerprint density at radius 1 is 1.36 bits per heavy atom. The SMILES string of the molecule is CN(C)C(=O)CNC(=O)COc1cccc2c1OC(C)(C)C2. The zero-order valence-corrected chi connectivity index (χ0v) is 13.4. The first-order chi connectivity index (χ1) is 10.3. The normalized spacial score (nSPS) is 14.7. The van der Waals surface area contributed by atoms with E-state index in [4.69, 9.17) is 9.47 Å². The van der Waals surface area contributed by atoms with E-state index in [9.17, 15) is 9.59 Å². The Hall–Kier alpha value is -2.24. The van der Waals surface area contributed by atoms with Crippen molar-refractivity contribution in [2.24, 2.45) is 0 Å². The van der Waals surface area contributed by atoms with Gasteiger partial charge in [-0.3, -0.25) is 9.59 Å². The van der Waals surface area contributed by atoms with Crippen LogP contribution in [0.15, 0.2) is 18.2 Å². The van der Waals surface area contributed by atoms with Crippen LogP contribution >= 0.6 is 0 Å². The van der Waals surface area contributed by atoms with E-state index in [1.54, 1.807) is 20.2 Å². The maximum atomic E-state index is 11.7. The van der Waals surface area contributed by atoms with E-state index in [1.165, 1.54) is 4.90 Å². The van der Waals surface area contributed by atoms with Crippen LogP contribution in [0.3, 0.4) is 0 Å². The Morgan fingerprint density at radius 2 is 2.09 bits per heavy atom. The van der Waals surface area contributed by atoms with E-state index >= 15 is 0 Å². The van der Waals surface area contributed by atoms with Gasteiger partial charge >= 0.3 is 0 Å². The molecule has 0 spiro atoms. The Morgan fingerprint density at radius 3 is 2.77 bits per heavy atom. The molecular formula is C16H22N2O4. The van der Waals surface area contributed by atoms with Gasteiger partial charge in [0.2, 0.25) is 5.91 Å². The molecule has 1 aliphatic rings. The summed E-state index contributed by atoms with van der Waals surface area (Å²) in [6, 6.07) is 5.65. The van der Waals surface area contributed by atoms with Crippen molar-refractivity contribution in [2.75, 3.05) is 27.2 Å². The number of fused-ring (bicyclic) bond motifs is 1. The van der Waals surface area contributed by atoms with Crippen LogP contribution in [-0.2, 0) is 16.0 Å². The smallest absolute Gasteiger partial charge is 0.258 e. The van der Waals surface area contributed by atoms with Crippen molar-refractivity contribution in [2.45, 2.75) is 25.9 Å². The molecule has 0 aromatic heterocycles. The second-order valence-electron chi connectivity index (χ2n) is 6.14. The fraction of sp³-hybridized carbons (Fsp3) is 0.500. The van der Waals surface area contributed by atoms with Gasteiger partial charge in [-0.15, -0.1) is 0 Å². The summed E-state index contributed by atoms with van der Waals surface area (Å²) in [6.45, 7) is 3.83. The van der Waals surface area contributed by atoms with Crippen molar-refractivity contribution < 1.29 is 19.1 Å². The van der Waals surface area contributed by atoms with Gasteiger partial charge in [-0.05, 0) is 19.9 Å². The number of carbonyl (C=O) groups is 2. The minimum Gasteiger partial charge on any atom is -0.483 e. The highest BCUT2D eigenvalue weighted by Gasteiger charge is 2.32. The first-order valence-corrected chi connectivity index (χ1v) is 7.19. The van der Waals surface area contributed by atoms with E-state index in [1.807, 2.05) is 26.0 Å². The Balaban J connectivity index is 1.90. The lowest BCUT2D eigenvalue weighted by Gasteiger charge is -2.18. The van der Waals surface area contributed by atoms with Gasteiger partial charge in [-0.25, -0.2) is 0 Å². The number of ether oxygens (including phenoxy) is 2. The predicted octanol–water partition coefficient (Wildman–Crippen LogP) is 0.983. The standard InChI is InChI=1S/C16H22N2O4/c1-16(2)8-11-6-5-7-12(15(11)22-16)21-10-13(19)17-9-14(20)18(3)4/h5-7H,8-10H2,1-4H3,(H,17,19). The topological polar surface area (TPSA) is 67.9 Å². The van der Waals surface area contributed by atoms with Crippen molar-refractivity contribution in [3.8, 4) is 11.5 Å². The lowest BCUT2D eigenvalue weighted by atomic mass is 10.0. The summed E-state index contributed by atoms with van der Waals surface area (Å²) in [5.74, 6) is 0.742. The van der Waals surface area contributed by atoms with Gasteiger partial charge in [-0.2, -0.15) is 0 Å². The number of para-hydroxylation sites is 1. The molecule has 0 atom stereocenters. The minimum atomic E-state index is -0.343. The van der Waals surface area contributed by atoms with Crippen LogP contribution in [0.25, 0.3) is 0 Å². The second kappa shape index (κ2) is 6.25. The fourth-order valence-corrected chi connectivity index (χ4v) is 2.23. The van der Waals surface area contributed by atoms with Crippen molar-refractivity contribution in [3.05, 3.63) is 23.8 Å². The summed E-state index contributed by atoms with van der Waals surface area (Å²) < 4.78 is 11.4. The van der Waals surface area contributed by atoms with Crippen molar-refractivity contribution >= 4 is 11.8 Å². The van der Waals surface area contributed by atoms with Crippen LogP contribution in [0, 0.1) is 0 Å². The lowest BCUT2D eigenvalue weighted by molar-refractivity contribution is -0.131. The van der Waals surface area contributed by atoms with Crippen LogP contribution in [-0.4, -0.2) is 49.6 Å². The molecule has 6 heteroatoms. The molecule has 6 nitrogen and oxygen atoms in total. The summed E-state index contributed by atoms with van der Waals surface area (Å²) in [4.78, 5) is 24.5. The molecule has 0 unspecified atom stereocenters. The average molecular weight is 306 g/mol. The van der Waals surface area contributed by atoms with Crippen molar-refractivity contribution in [1.82, 2.24) is 10.2 Å². The minimum absolute atomic E-state index is 0.0361. The number of benzene rings is 1. The highest BCUT2D eigenvalue weighted by atomic mass is 16.5. The molecule has 2 amide bonds. The zero-order chi connectivity index (χ0) is 16.3.